The maximum Gasteiger partial charge on any atom is 0.224 e. The fourth-order valence-electron chi connectivity index (χ4n) is 1.61. The van der Waals surface area contributed by atoms with Gasteiger partial charge in [0.25, 0.3) is 0 Å². The number of carbonyl (C=O) groups excluding carboxylic acids is 1. The quantitative estimate of drug-likeness (QED) is 0.759. The molecule has 1 rings (SSSR count). The maximum atomic E-state index is 11.7. The second-order valence-corrected chi connectivity index (χ2v) is 5.80. The maximum absolute atomic E-state index is 11.7. The molecular weight excluding hydrogens is 248 g/mol. The third-order valence-corrected chi connectivity index (χ3v) is 3.97. The zero-order valence-electron chi connectivity index (χ0n) is 10.6. The lowest BCUT2D eigenvalue weighted by Gasteiger charge is -2.08. The number of rotatable bonds is 7. The number of carbonyl (C=O) groups is 1. The van der Waals surface area contributed by atoms with Gasteiger partial charge in [0, 0.05) is 35.4 Å². The lowest BCUT2D eigenvalue weighted by Crippen LogP contribution is -2.29. The third-order valence-electron chi connectivity index (χ3n) is 2.66. The van der Waals surface area contributed by atoms with Crippen LogP contribution in [-0.2, 0) is 28.6 Å². The Morgan fingerprint density at radius 2 is 2.00 bits per heavy atom. The zero-order chi connectivity index (χ0) is 13.4. The number of hydrogen-bond donors (Lipinski definition) is 2. The molecule has 0 saturated carbocycles. The smallest absolute Gasteiger partial charge is 0.224 e. The Morgan fingerprint density at radius 3 is 2.61 bits per heavy atom. The number of nitrogens with two attached hydrogens (primary N) is 1. The van der Waals surface area contributed by atoms with Crippen LogP contribution in [0.15, 0.2) is 24.3 Å². The predicted octanol–water partition coefficient (Wildman–Crippen LogP) is 0.573. The molecule has 0 aromatic heterocycles. The first-order valence-electron chi connectivity index (χ1n) is 6.06. The van der Waals surface area contributed by atoms with E-state index in [2.05, 4.69) is 5.32 Å². The van der Waals surface area contributed by atoms with Crippen molar-refractivity contribution in [2.24, 2.45) is 5.73 Å². The standard InChI is InChI=1S/C13H20N2O2S/c1-2-18(17)8-7-15-13(16)9-11-5-3-4-6-12(11)10-14/h3-6H,2,7-10,14H2,1H3,(H,15,16). The Labute approximate surface area is 110 Å². The molecule has 0 aliphatic heterocycles. The number of benzene rings is 1. The molecule has 0 fully saturated rings. The van der Waals surface area contributed by atoms with Crippen LogP contribution in [0.25, 0.3) is 0 Å². The minimum atomic E-state index is -0.831. The van der Waals surface area contributed by atoms with Crippen LogP contribution in [0, 0.1) is 0 Å². The van der Waals surface area contributed by atoms with E-state index in [1.165, 1.54) is 0 Å². The average molecular weight is 268 g/mol. The van der Waals surface area contributed by atoms with Crippen LogP contribution in [0.5, 0.6) is 0 Å². The molecule has 0 saturated heterocycles. The molecule has 0 aliphatic carbocycles. The van der Waals surface area contributed by atoms with Crippen molar-refractivity contribution in [2.75, 3.05) is 18.1 Å². The van der Waals surface area contributed by atoms with Gasteiger partial charge in [-0.3, -0.25) is 9.00 Å². The fraction of sp³-hybridized carbons (Fsp3) is 0.462. The Kier molecular flexibility index (Phi) is 6.60. The molecule has 5 heteroatoms. The molecule has 0 heterocycles. The van der Waals surface area contributed by atoms with Crippen molar-refractivity contribution in [2.45, 2.75) is 19.9 Å². The van der Waals surface area contributed by atoms with Crippen molar-refractivity contribution in [1.82, 2.24) is 5.32 Å². The lowest BCUT2D eigenvalue weighted by atomic mass is 10.0. The summed E-state index contributed by atoms with van der Waals surface area (Å²) in [5, 5.41) is 2.77. The van der Waals surface area contributed by atoms with Crippen LogP contribution in [0.4, 0.5) is 0 Å². The first-order chi connectivity index (χ1) is 8.67. The van der Waals surface area contributed by atoms with Crippen molar-refractivity contribution >= 4 is 16.7 Å². The van der Waals surface area contributed by atoms with E-state index in [9.17, 15) is 9.00 Å². The molecule has 0 spiro atoms. The van der Waals surface area contributed by atoms with E-state index in [1.54, 1.807) is 0 Å². The molecule has 3 N–H and O–H groups in total. The molecule has 18 heavy (non-hydrogen) atoms. The molecule has 1 unspecified atom stereocenters. The molecule has 0 aliphatic rings. The van der Waals surface area contributed by atoms with E-state index in [4.69, 9.17) is 5.73 Å². The van der Waals surface area contributed by atoms with E-state index >= 15 is 0 Å². The SMILES string of the molecule is CCS(=O)CCNC(=O)Cc1ccccc1CN. The Bertz CT molecular complexity index is 421. The minimum absolute atomic E-state index is 0.0518. The summed E-state index contributed by atoms with van der Waals surface area (Å²) in [7, 11) is -0.831. The lowest BCUT2D eigenvalue weighted by molar-refractivity contribution is -0.120. The largest absolute Gasteiger partial charge is 0.355 e. The van der Waals surface area contributed by atoms with Gasteiger partial charge < -0.3 is 11.1 Å². The van der Waals surface area contributed by atoms with Gasteiger partial charge in [0.1, 0.15) is 0 Å². The monoisotopic (exact) mass is 268 g/mol. The highest BCUT2D eigenvalue weighted by atomic mass is 32.2. The molecule has 1 aromatic rings. The van der Waals surface area contributed by atoms with Crippen LogP contribution < -0.4 is 11.1 Å². The van der Waals surface area contributed by atoms with E-state index in [0.717, 1.165) is 11.1 Å². The molecule has 0 radical (unpaired) electrons. The van der Waals surface area contributed by atoms with Crippen molar-refractivity contribution in [3.8, 4) is 0 Å². The predicted molar refractivity (Wildman–Crippen MR) is 74.6 cm³/mol. The van der Waals surface area contributed by atoms with Gasteiger partial charge >= 0.3 is 0 Å². The molecular formula is C13H20N2O2S. The van der Waals surface area contributed by atoms with E-state index in [0.29, 0.717) is 31.0 Å². The summed E-state index contributed by atoms with van der Waals surface area (Å²) in [4.78, 5) is 11.7. The highest BCUT2D eigenvalue weighted by Crippen LogP contribution is 2.08. The Balaban J connectivity index is 2.42. The first-order valence-corrected chi connectivity index (χ1v) is 7.54. The second-order valence-electron chi connectivity index (χ2n) is 3.93. The summed E-state index contributed by atoms with van der Waals surface area (Å²) in [6, 6.07) is 7.64. The number of amides is 1. The summed E-state index contributed by atoms with van der Waals surface area (Å²) in [5.41, 5.74) is 7.56. The zero-order valence-corrected chi connectivity index (χ0v) is 11.5. The number of nitrogens with one attached hydrogen (secondary N) is 1. The minimum Gasteiger partial charge on any atom is -0.355 e. The highest BCUT2D eigenvalue weighted by Gasteiger charge is 2.06. The molecule has 1 amide bonds. The summed E-state index contributed by atoms with van der Waals surface area (Å²) in [5.74, 6) is 1.09. The highest BCUT2D eigenvalue weighted by molar-refractivity contribution is 7.84. The van der Waals surface area contributed by atoms with Gasteiger partial charge in [0.15, 0.2) is 0 Å². The van der Waals surface area contributed by atoms with Crippen molar-refractivity contribution < 1.29 is 9.00 Å². The van der Waals surface area contributed by atoms with Gasteiger partial charge in [-0.15, -0.1) is 0 Å². The van der Waals surface area contributed by atoms with Crippen molar-refractivity contribution in [1.29, 1.82) is 0 Å². The number of hydrogen-bond acceptors (Lipinski definition) is 3. The fourth-order valence-corrected chi connectivity index (χ4v) is 2.23. The Hall–Kier alpha value is -1.20. The summed E-state index contributed by atoms with van der Waals surface area (Å²) >= 11 is 0. The Morgan fingerprint density at radius 1 is 1.33 bits per heavy atom. The van der Waals surface area contributed by atoms with Crippen LogP contribution >= 0.6 is 0 Å². The van der Waals surface area contributed by atoms with Crippen molar-refractivity contribution in [3.05, 3.63) is 35.4 Å². The van der Waals surface area contributed by atoms with Crippen LogP contribution in [0.1, 0.15) is 18.1 Å². The van der Waals surface area contributed by atoms with Crippen LogP contribution in [0.3, 0.4) is 0 Å². The van der Waals surface area contributed by atoms with Gasteiger partial charge in [0.05, 0.1) is 6.42 Å². The topological polar surface area (TPSA) is 72.2 Å². The summed E-state index contributed by atoms with van der Waals surface area (Å²) < 4.78 is 11.2. The molecule has 1 aromatic carbocycles. The first kappa shape index (κ1) is 14.9. The van der Waals surface area contributed by atoms with Gasteiger partial charge in [-0.25, -0.2) is 0 Å². The summed E-state index contributed by atoms with van der Waals surface area (Å²) in [6.45, 7) is 2.77. The van der Waals surface area contributed by atoms with Gasteiger partial charge in [0.2, 0.25) is 5.91 Å². The summed E-state index contributed by atoms with van der Waals surface area (Å²) in [6.07, 6.45) is 0.326. The molecule has 100 valence electrons. The molecule has 4 nitrogen and oxygen atoms in total. The molecule has 1 atom stereocenters. The van der Waals surface area contributed by atoms with Crippen LogP contribution in [-0.4, -0.2) is 28.2 Å². The van der Waals surface area contributed by atoms with E-state index < -0.39 is 10.8 Å². The van der Waals surface area contributed by atoms with E-state index in [-0.39, 0.29) is 5.91 Å². The van der Waals surface area contributed by atoms with Gasteiger partial charge in [-0.05, 0) is 11.1 Å². The second kappa shape index (κ2) is 8.00. The van der Waals surface area contributed by atoms with Gasteiger partial charge in [-0.2, -0.15) is 0 Å². The van der Waals surface area contributed by atoms with E-state index in [1.807, 2.05) is 31.2 Å². The van der Waals surface area contributed by atoms with Gasteiger partial charge in [-0.1, -0.05) is 31.2 Å². The third kappa shape index (κ3) is 4.98. The average Bonchev–Trinajstić information content (AvgIpc) is 2.39. The normalized spacial score (nSPS) is 12.1. The van der Waals surface area contributed by atoms with Crippen molar-refractivity contribution in [3.63, 3.8) is 0 Å². The molecule has 0 bridgehead atoms. The van der Waals surface area contributed by atoms with Crippen LogP contribution in [0.2, 0.25) is 0 Å².